The summed E-state index contributed by atoms with van der Waals surface area (Å²) in [5.41, 5.74) is 0.535. The monoisotopic (exact) mass is 430 g/mol. The zero-order valence-electron chi connectivity index (χ0n) is 16.7. The van der Waals surface area contributed by atoms with Crippen molar-refractivity contribution in [2.24, 2.45) is 0 Å². The average Bonchev–Trinajstić information content (AvgIpc) is 3.57. The maximum absolute atomic E-state index is 13.3. The lowest BCUT2D eigenvalue weighted by atomic mass is 10.1. The molecule has 1 aliphatic heterocycles. The molecule has 2 aromatic carbocycles. The molecule has 2 aromatic rings. The number of nitrogens with zero attached hydrogens (tertiary/aromatic N) is 1. The molecular weight excluding hydrogens is 410 g/mol. The number of ether oxygens (including phenoxy) is 2. The summed E-state index contributed by atoms with van der Waals surface area (Å²) in [7, 11) is 0. The first-order valence-electron chi connectivity index (χ1n) is 9.84. The normalized spacial score (nSPS) is 16.2. The number of ketones is 1. The van der Waals surface area contributed by atoms with Gasteiger partial charge in [0.1, 0.15) is 17.5 Å². The van der Waals surface area contributed by atoms with Gasteiger partial charge in [-0.1, -0.05) is 0 Å². The number of hydrogen-bond acceptors (Lipinski definition) is 5. The fourth-order valence-corrected chi connectivity index (χ4v) is 3.23. The number of nitrogens with one attached hydrogen (secondary N) is 1. The lowest BCUT2D eigenvalue weighted by Crippen LogP contribution is -2.51. The summed E-state index contributed by atoms with van der Waals surface area (Å²) in [5.74, 6) is -2.82. The average molecular weight is 430 g/mol. The van der Waals surface area contributed by atoms with Gasteiger partial charge < -0.3 is 14.8 Å². The molecule has 1 aliphatic carbocycles. The van der Waals surface area contributed by atoms with Crippen LogP contribution in [-0.4, -0.2) is 42.9 Å². The van der Waals surface area contributed by atoms with Crippen molar-refractivity contribution >= 4 is 23.3 Å². The highest BCUT2D eigenvalue weighted by molar-refractivity contribution is 6.06. The Morgan fingerprint density at radius 2 is 1.97 bits per heavy atom. The van der Waals surface area contributed by atoms with Gasteiger partial charge in [0.05, 0.1) is 5.69 Å². The molecule has 0 bridgehead atoms. The molecule has 1 heterocycles. The van der Waals surface area contributed by atoms with Crippen molar-refractivity contribution in [1.29, 1.82) is 0 Å². The second-order valence-electron chi connectivity index (χ2n) is 7.48. The predicted octanol–water partition coefficient (Wildman–Crippen LogP) is 2.62. The van der Waals surface area contributed by atoms with Crippen LogP contribution < -0.4 is 19.7 Å². The molecule has 1 atom stereocenters. The van der Waals surface area contributed by atoms with E-state index in [1.54, 1.807) is 13.0 Å². The van der Waals surface area contributed by atoms with Gasteiger partial charge in [-0.3, -0.25) is 19.3 Å². The van der Waals surface area contributed by atoms with Crippen molar-refractivity contribution in [3.63, 3.8) is 0 Å². The zero-order chi connectivity index (χ0) is 22.1. The summed E-state index contributed by atoms with van der Waals surface area (Å²) in [6.45, 7) is 0.988. The number of benzene rings is 2. The van der Waals surface area contributed by atoms with Gasteiger partial charge in [-0.05, 0) is 50.1 Å². The van der Waals surface area contributed by atoms with Crippen LogP contribution in [0.25, 0.3) is 0 Å². The van der Waals surface area contributed by atoms with E-state index in [-0.39, 0.29) is 29.9 Å². The molecule has 4 rings (SSSR count). The molecule has 9 heteroatoms. The minimum Gasteiger partial charge on any atom is -0.485 e. The molecule has 0 unspecified atom stereocenters. The fourth-order valence-electron chi connectivity index (χ4n) is 3.23. The Morgan fingerprint density at radius 1 is 1.19 bits per heavy atom. The molecule has 2 aliphatic rings. The second-order valence-corrected chi connectivity index (χ2v) is 7.48. The number of fused-ring (bicyclic) bond motifs is 1. The molecule has 162 valence electrons. The smallest absolute Gasteiger partial charge is 0.265 e. The highest BCUT2D eigenvalue weighted by Gasteiger charge is 2.35. The fraction of sp³-hybridized carbons (Fsp3) is 0.318. The van der Waals surface area contributed by atoms with Gasteiger partial charge in [-0.15, -0.1) is 0 Å². The van der Waals surface area contributed by atoms with Gasteiger partial charge in [-0.25, -0.2) is 8.78 Å². The molecule has 7 nitrogen and oxygen atoms in total. The van der Waals surface area contributed by atoms with Crippen LogP contribution >= 0.6 is 0 Å². The number of halogens is 2. The third-order valence-electron chi connectivity index (χ3n) is 5.11. The molecular formula is C22H20F2N2O5. The van der Waals surface area contributed by atoms with Crippen LogP contribution in [0, 0.1) is 11.6 Å². The topological polar surface area (TPSA) is 84.9 Å². The maximum Gasteiger partial charge on any atom is 0.265 e. The van der Waals surface area contributed by atoms with Crippen LogP contribution in [0.2, 0.25) is 0 Å². The van der Waals surface area contributed by atoms with E-state index < -0.39 is 36.0 Å². The van der Waals surface area contributed by atoms with E-state index in [0.29, 0.717) is 11.4 Å². The maximum atomic E-state index is 13.3. The van der Waals surface area contributed by atoms with Crippen LogP contribution in [0.3, 0.4) is 0 Å². The Bertz CT molecular complexity index is 1050. The van der Waals surface area contributed by atoms with Gasteiger partial charge in [0.25, 0.3) is 5.91 Å². The molecule has 0 saturated heterocycles. The van der Waals surface area contributed by atoms with E-state index in [0.717, 1.165) is 25.0 Å². The van der Waals surface area contributed by atoms with Crippen molar-refractivity contribution in [2.75, 3.05) is 18.1 Å². The van der Waals surface area contributed by atoms with E-state index in [4.69, 9.17) is 9.47 Å². The van der Waals surface area contributed by atoms with Crippen LogP contribution in [0.4, 0.5) is 14.5 Å². The van der Waals surface area contributed by atoms with Gasteiger partial charge in [0.15, 0.2) is 30.6 Å². The van der Waals surface area contributed by atoms with Crippen LogP contribution in [0.15, 0.2) is 36.4 Å². The number of amides is 2. The van der Waals surface area contributed by atoms with Crippen molar-refractivity contribution in [3.05, 3.63) is 53.6 Å². The Kier molecular flexibility index (Phi) is 5.58. The minimum absolute atomic E-state index is 0.00992. The van der Waals surface area contributed by atoms with Gasteiger partial charge >= 0.3 is 0 Å². The summed E-state index contributed by atoms with van der Waals surface area (Å²) < 4.78 is 37.0. The quantitative estimate of drug-likeness (QED) is 0.683. The summed E-state index contributed by atoms with van der Waals surface area (Å²) in [4.78, 5) is 38.9. The Labute approximate surface area is 176 Å². The highest BCUT2D eigenvalue weighted by atomic mass is 19.2. The van der Waals surface area contributed by atoms with E-state index >= 15 is 0 Å². The van der Waals surface area contributed by atoms with Crippen LogP contribution in [0.1, 0.15) is 30.1 Å². The lowest BCUT2D eigenvalue weighted by molar-refractivity contribution is -0.127. The number of anilines is 1. The van der Waals surface area contributed by atoms with Crippen LogP contribution in [-0.2, 0) is 9.59 Å². The van der Waals surface area contributed by atoms with E-state index in [1.807, 2.05) is 0 Å². The summed E-state index contributed by atoms with van der Waals surface area (Å²) in [6.07, 6.45) is 1.84. The third-order valence-corrected chi connectivity index (χ3v) is 5.11. The van der Waals surface area contributed by atoms with Crippen LogP contribution in [0.5, 0.6) is 11.5 Å². The minimum atomic E-state index is -1.08. The molecule has 1 saturated carbocycles. The first kappa shape index (κ1) is 20.8. The highest BCUT2D eigenvalue weighted by Crippen LogP contribution is 2.35. The summed E-state index contributed by atoms with van der Waals surface area (Å²) in [6, 6.07) is 6.86. The summed E-state index contributed by atoms with van der Waals surface area (Å²) >= 11 is 0. The molecule has 2 amide bonds. The third kappa shape index (κ3) is 4.50. The van der Waals surface area contributed by atoms with Crippen molar-refractivity contribution in [1.82, 2.24) is 5.32 Å². The number of hydrogen-bond donors (Lipinski definition) is 1. The first-order chi connectivity index (χ1) is 14.8. The van der Waals surface area contributed by atoms with Crippen molar-refractivity contribution < 1.29 is 32.6 Å². The first-order valence-corrected chi connectivity index (χ1v) is 9.84. The zero-order valence-corrected chi connectivity index (χ0v) is 16.7. The molecule has 0 aromatic heterocycles. The predicted molar refractivity (Wildman–Crippen MR) is 106 cm³/mol. The van der Waals surface area contributed by atoms with Gasteiger partial charge in [0, 0.05) is 17.7 Å². The van der Waals surface area contributed by atoms with Crippen molar-refractivity contribution in [3.8, 4) is 11.5 Å². The number of Topliss-reactive ketones (excluding diaryl/α,β-unsaturated/α-hetero) is 1. The molecule has 0 spiro atoms. The molecule has 31 heavy (non-hydrogen) atoms. The standard InChI is InChI=1S/C22H20F2N2O5/c1-12(22(29)25-14-3-4-14)26-18-8-13(2-7-20(18)31-11-21(26)28)19(27)10-30-15-5-6-16(23)17(24)9-15/h2,5-9,12,14H,3-4,10-11H2,1H3,(H,25,29)/t12-/m1/s1. The Hall–Kier alpha value is -3.49. The van der Waals surface area contributed by atoms with Crippen molar-refractivity contribution in [2.45, 2.75) is 31.8 Å². The van der Waals surface area contributed by atoms with E-state index in [2.05, 4.69) is 5.32 Å². The molecule has 0 radical (unpaired) electrons. The molecule has 1 N–H and O–H groups in total. The Morgan fingerprint density at radius 3 is 2.68 bits per heavy atom. The summed E-state index contributed by atoms with van der Waals surface area (Å²) in [5, 5.41) is 2.87. The number of carbonyl (C=O) groups excluding carboxylic acids is 3. The molecule has 1 fully saturated rings. The van der Waals surface area contributed by atoms with Gasteiger partial charge in [-0.2, -0.15) is 0 Å². The lowest BCUT2D eigenvalue weighted by Gasteiger charge is -2.33. The largest absolute Gasteiger partial charge is 0.485 e. The van der Waals surface area contributed by atoms with E-state index in [1.165, 1.54) is 23.1 Å². The number of carbonyl (C=O) groups is 3. The number of rotatable bonds is 7. The SMILES string of the molecule is C[C@H](C(=O)NC1CC1)N1C(=O)COc2ccc(C(=O)COc3ccc(F)c(F)c3)cc21. The van der Waals surface area contributed by atoms with Gasteiger partial charge in [0.2, 0.25) is 5.91 Å². The second kappa shape index (κ2) is 8.33. The Balaban J connectivity index is 1.51. The van der Waals surface area contributed by atoms with E-state index in [9.17, 15) is 23.2 Å².